The summed E-state index contributed by atoms with van der Waals surface area (Å²) in [6.45, 7) is 4.97. The SMILES string of the molecule is CCCCCCCCCCCCCCCCCCCCCC(O)C(CO)NC(=O)CCCCCCCCC/C=C\CCCCCCCCCCCCOC(=O)CCCCCCCCCCCCCC. The third-order valence-electron chi connectivity index (χ3n) is 14.8. The van der Waals surface area contributed by atoms with Crippen molar-refractivity contribution < 1.29 is 24.5 Å². The van der Waals surface area contributed by atoms with Crippen LogP contribution in [0.25, 0.3) is 0 Å². The number of hydrogen-bond donors (Lipinski definition) is 3. The van der Waals surface area contributed by atoms with E-state index in [-0.39, 0.29) is 18.5 Å². The van der Waals surface area contributed by atoms with E-state index in [2.05, 4.69) is 31.3 Å². The van der Waals surface area contributed by atoms with Gasteiger partial charge in [0.25, 0.3) is 0 Å². The molecule has 0 saturated heterocycles. The summed E-state index contributed by atoms with van der Waals surface area (Å²) in [5.74, 6) is -0.0294. The third kappa shape index (κ3) is 55.8. The molecule has 0 heterocycles. The summed E-state index contributed by atoms with van der Waals surface area (Å²) >= 11 is 0. The lowest BCUT2D eigenvalue weighted by atomic mass is 10.0. The number of ether oxygens (including phenoxy) is 1. The Hall–Kier alpha value is -1.40. The van der Waals surface area contributed by atoms with Crippen molar-refractivity contribution in [3.63, 3.8) is 0 Å². The average molecular weight is 975 g/mol. The molecule has 0 fully saturated rings. The number of amides is 1. The minimum atomic E-state index is -0.669. The summed E-state index contributed by atoms with van der Waals surface area (Å²) in [5, 5.41) is 23.3. The van der Waals surface area contributed by atoms with Crippen LogP contribution in [0.15, 0.2) is 12.2 Å². The van der Waals surface area contributed by atoms with E-state index in [0.29, 0.717) is 25.9 Å². The Kier molecular flexibility index (Phi) is 58.0. The van der Waals surface area contributed by atoms with Crippen LogP contribution in [0.4, 0.5) is 0 Å². The fourth-order valence-corrected chi connectivity index (χ4v) is 9.99. The molecule has 2 atom stereocenters. The van der Waals surface area contributed by atoms with Crippen LogP contribution in [-0.4, -0.2) is 47.4 Å². The van der Waals surface area contributed by atoms with Crippen LogP contribution in [0.1, 0.15) is 354 Å². The Labute approximate surface area is 431 Å². The van der Waals surface area contributed by atoms with Gasteiger partial charge >= 0.3 is 5.97 Å². The molecular weight excluding hydrogens is 851 g/mol. The molecule has 69 heavy (non-hydrogen) atoms. The van der Waals surface area contributed by atoms with Crippen LogP contribution in [-0.2, 0) is 14.3 Å². The van der Waals surface area contributed by atoms with Crippen molar-refractivity contribution >= 4 is 11.9 Å². The molecule has 0 rings (SSSR count). The molecular formula is C63H123NO5. The van der Waals surface area contributed by atoms with E-state index in [0.717, 1.165) is 38.5 Å². The zero-order chi connectivity index (χ0) is 50.0. The largest absolute Gasteiger partial charge is 0.466 e. The first-order valence-corrected chi connectivity index (χ1v) is 31.4. The van der Waals surface area contributed by atoms with Crippen LogP contribution >= 0.6 is 0 Å². The van der Waals surface area contributed by atoms with Crippen LogP contribution < -0.4 is 5.32 Å². The molecule has 410 valence electrons. The number of rotatable bonds is 59. The van der Waals surface area contributed by atoms with Gasteiger partial charge in [-0.3, -0.25) is 9.59 Å². The first-order chi connectivity index (χ1) is 34.0. The summed E-state index contributed by atoms with van der Waals surface area (Å²) in [5.41, 5.74) is 0. The summed E-state index contributed by atoms with van der Waals surface area (Å²) in [7, 11) is 0. The molecule has 0 aliphatic rings. The van der Waals surface area contributed by atoms with Gasteiger partial charge in [-0.2, -0.15) is 0 Å². The van der Waals surface area contributed by atoms with Crippen molar-refractivity contribution in [3.05, 3.63) is 12.2 Å². The molecule has 0 aliphatic carbocycles. The fourth-order valence-electron chi connectivity index (χ4n) is 9.99. The highest BCUT2D eigenvalue weighted by Crippen LogP contribution is 2.18. The second-order valence-electron chi connectivity index (χ2n) is 21.7. The van der Waals surface area contributed by atoms with Gasteiger partial charge in [-0.25, -0.2) is 0 Å². The summed E-state index contributed by atoms with van der Waals surface area (Å²) in [6.07, 6.45) is 70.8. The third-order valence-corrected chi connectivity index (χ3v) is 14.8. The van der Waals surface area contributed by atoms with E-state index in [9.17, 15) is 19.8 Å². The van der Waals surface area contributed by atoms with Gasteiger partial charge in [0.15, 0.2) is 0 Å². The monoisotopic (exact) mass is 974 g/mol. The predicted octanol–water partition coefficient (Wildman–Crippen LogP) is 19.6. The number of aliphatic hydroxyl groups is 2. The van der Waals surface area contributed by atoms with Crippen molar-refractivity contribution in [1.82, 2.24) is 5.32 Å². The molecule has 0 radical (unpaired) electrons. The van der Waals surface area contributed by atoms with E-state index >= 15 is 0 Å². The normalized spacial score (nSPS) is 12.6. The summed E-state index contributed by atoms with van der Waals surface area (Å²) < 4.78 is 5.47. The molecule has 1 amide bonds. The number of unbranched alkanes of at least 4 members (excludes halogenated alkanes) is 46. The maximum absolute atomic E-state index is 12.5. The lowest BCUT2D eigenvalue weighted by Crippen LogP contribution is -2.45. The van der Waals surface area contributed by atoms with Gasteiger partial charge in [0.2, 0.25) is 5.91 Å². The number of carbonyl (C=O) groups excluding carboxylic acids is 2. The predicted molar refractivity (Wildman–Crippen MR) is 301 cm³/mol. The Bertz CT molecular complexity index is 1030. The molecule has 0 aromatic carbocycles. The molecule has 0 spiro atoms. The lowest BCUT2D eigenvalue weighted by molar-refractivity contribution is -0.143. The first-order valence-electron chi connectivity index (χ1n) is 31.4. The summed E-state index contributed by atoms with van der Waals surface area (Å²) in [4.78, 5) is 24.5. The van der Waals surface area contributed by atoms with E-state index in [1.807, 2.05) is 0 Å². The second-order valence-corrected chi connectivity index (χ2v) is 21.7. The quantitative estimate of drug-likeness (QED) is 0.0321. The first kappa shape index (κ1) is 67.6. The highest BCUT2D eigenvalue weighted by Gasteiger charge is 2.20. The lowest BCUT2D eigenvalue weighted by Gasteiger charge is -2.22. The van der Waals surface area contributed by atoms with Crippen LogP contribution in [0.5, 0.6) is 0 Å². The number of aliphatic hydroxyl groups excluding tert-OH is 2. The molecule has 0 bridgehead atoms. The molecule has 0 aliphatic heterocycles. The molecule has 0 aromatic heterocycles. The van der Waals surface area contributed by atoms with Crippen molar-refractivity contribution in [3.8, 4) is 0 Å². The van der Waals surface area contributed by atoms with Gasteiger partial charge in [0.05, 0.1) is 25.4 Å². The van der Waals surface area contributed by atoms with Crippen LogP contribution in [0, 0.1) is 0 Å². The molecule has 6 heteroatoms. The van der Waals surface area contributed by atoms with E-state index in [1.54, 1.807) is 0 Å². The van der Waals surface area contributed by atoms with E-state index < -0.39 is 12.1 Å². The minimum Gasteiger partial charge on any atom is -0.466 e. The average Bonchev–Trinajstić information content (AvgIpc) is 3.35. The van der Waals surface area contributed by atoms with Gasteiger partial charge < -0.3 is 20.3 Å². The van der Waals surface area contributed by atoms with Crippen LogP contribution in [0.2, 0.25) is 0 Å². The van der Waals surface area contributed by atoms with Gasteiger partial charge in [-0.15, -0.1) is 0 Å². The minimum absolute atomic E-state index is 0.00971. The Morgan fingerprint density at radius 1 is 0.391 bits per heavy atom. The van der Waals surface area contributed by atoms with Gasteiger partial charge in [-0.1, -0.05) is 302 Å². The van der Waals surface area contributed by atoms with E-state index in [1.165, 1.54) is 283 Å². The molecule has 3 N–H and O–H groups in total. The van der Waals surface area contributed by atoms with Crippen LogP contribution in [0.3, 0.4) is 0 Å². The second kappa shape index (κ2) is 59.2. The maximum Gasteiger partial charge on any atom is 0.305 e. The van der Waals surface area contributed by atoms with Crippen molar-refractivity contribution in [2.24, 2.45) is 0 Å². The molecule has 0 aromatic rings. The Balaban J connectivity index is 3.42. The maximum atomic E-state index is 12.5. The molecule has 2 unspecified atom stereocenters. The summed E-state index contributed by atoms with van der Waals surface area (Å²) in [6, 6.07) is -0.547. The smallest absolute Gasteiger partial charge is 0.305 e. The molecule has 6 nitrogen and oxygen atoms in total. The highest BCUT2D eigenvalue weighted by molar-refractivity contribution is 5.76. The van der Waals surface area contributed by atoms with Crippen molar-refractivity contribution in [1.29, 1.82) is 0 Å². The van der Waals surface area contributed by atoms with Gasteiger partial charge in [-0.05, 0) is 51.4 Å². The standard InChI is InChI=1S/C63H123NO5/c1-3-5-7-9-11-13-15-17-18-19-23-26-29-32-35-39-43-47-51-55-61(66)60(59-65)64-62(67)56-52-48-44-40-36-33-30-27-24-21-20-22-25-28-31-34-38-42-46-50-54-58-69-63(68)57-53-49-45-41-37-16-14-12-10-8-6-4-2/h21,24,60-61,65-66H,3-20,22-23,25-59H2,1-2H3,(H,64,67)/b24-21-. The Morgan fingerprint density at radius 3 is 1.03 bits per heavy atom. The zero-order valence-electron chi connectivity index (χ0n) is 46.8. The molecule has 0 saturated carbocycles. The van der Waals surface area contributed by atoms with Gasteiger partial charge in [0, 0.05) is 12.8 Å². The highest BCUT2D eigenvalue weighted by atomic mass is 16.5. The number of allylic oxidation sites excluding steroid dienone is 2. The number of nitrogens with one attached hydrogen (secondary N) is 1. The van der Waals surface area contributed by atoms with E-state index in [4.69, 9.17) is 4.74 Å². The van der Waals surface area contributed by atoms with Gasteiger partial charge in [0.1, 0.15) is 0 Å². The number of esters is 1. The Morgan fingerprint density at radius 2 is 0.681 bits per heavy atom. The van der Waals surface area contributed by atoms with Crippen molar-refractivity contribution in [2.45, 2.75) is 366 Å². The number of hydrogen-bond acceptors (Lipinski definition) is 5. The number of carbonyl (C=O) groups is 2. The zero-order valence-corrected chi connectivity index (χ0v) is 46.8. The van der Waals surface area contributed by atoms with Crippen molar-refractivity contribution in [2.75, 3.05) is 13.2 Å². The fraction of sp³-hybridized carbons (Fsp3) is 0.937. The topological polar surface area (TPSA) is 95.9 Å².